The van der Waals surface area contributed by atoms with Gasteiger partial charge in [-0.05, 0) is 55.1 Å². The van der Waals surface area contributed by atoms with Crippen molar-refractivity contribution in [2.24, 2.45) is 10.7 Å². The highest BCUT2D eigenvalue weighted by atomic mass is 32.2. The third-order valence-electron chi connectivity index (χ3n) is 4.49. The van der Waals surface area contributed by atoms with E-state index in [1.807, 2.05) is 0 Å². The van der Waals surface area contributed by atoms with Crippen molar-refractivity contribution in [3.8, 4) is 0 Å². The fraction of sp³-hybridized carbons (Fsp3) is 0.100. The molecule has 0 saturated heterocycles. The number of nitrogen functional groups attached to an aromatic ring is 1. The molecule has 1 aliphatic rings. The third-order valence-corrected chi connectivity index (χ3v) is 5.32. The zero-order chi connectivity index (χ0) is 21.3. The van der Waals surface area contributed by atoms with E-state index in [1.165, 1.54) is 42.2 Å². The third kappa shape index (κ3) is 3.90. The fourth-order valence-electron chi connectivity index (χ4n) is 3.06. The number of pyridine rings is 1. The number of carbonyl (C=O) groups excluding carboxylic acids is 1. The molecule has 2 aromatic heterocycles. The van der Waals surface area contributed by atoms with Gasteiger partial charge < -0.3 is 21.8 Å². The van der Waals surface area contributed by atoms with E-state index in [1.54, 1.807) is 31.5 Å². The molecule has 6 N–H and O–H groups in total. The number of nitrogens with zero attached hydrogens (tertiary/aromatic N) is 3. The van der Waals surface area contributed by atoms with Gasteiger partial charge in [-0.3, -0.25) is 4.79 Å². The van der Waals surface area contributed by atoms with Crippen molar-refractivity contribution in [1.29, 1.82) is 0 Å². The number of anilines is 2. The average Bonchev–Trinajstić information content (AvgIpc) is 3.24. The number of amidine groups is 1. The van der Waals surface area contributed by atoms with Gasteiger partial charge in [0.15, 0.2) is 5.17 Å². The van der Waals surface area contributed by atoms with Crippen LogP contribution in [-0.4, -0.2) is 26.0 Å². The summed E-state index contributed by atoms with van der Waals surface area (Å²) in [5, 5.41) is 3.00. The maximum absolute atomic E-state index is 14.8. The van der Waals surface area contributed by atoms with E-state index in [-0.39, 0.29) is 16.4 Å². The summed E-state index contributed by atoms with van der Waals surface area (Å²) in [4.78, 5) is 28.9. The van der Waals surface area contributed by atoms with Gasteiger partial charge in [-0.2, -0.15) is 0 Å². The second kappa shape index (κ2) is 7.64. The number of hydrogen-bond donors (Lipinski definition) is 4. The molecule has 0 spiro atoms. The van der Waals surface area contributed by atoms with Crippen LogP contribution in [0.4, 0.5) is 15.8 Å². The first kappa shape index (κ1) is 19.6. The molecule has 3 heterocycles. The Bertz CT molecular complexity index is 1160. The highest BCUT2D eigenvalue weighted by Crippen LogP contribution is 2.41. The lowest BCUT2D eigenvalue weighted by Crippen LogP contribution is -2.26. The van der Waals surface area contributed by atoms with E-state index in [0.29, 0.717) is 17.2 Å². The fourth-order valence-corrected chi connectivity index (χ4v) is 4.02. The highest BCUT2D eigenvalue weighted by molar-refractivity contribution is 8.21. The Morgan fingerprint density at radius 2 is 2.07 bits per heavy atom. The summed E-state index contributed by atoms with van der Waals surface area (Å²) < 4.78 is 14.8. The molecule has 1 aliphatic heterocycles. The predicted molar refractivity (Wildman–Crippen MR) is 116 cm³/mol. The molecular formula is C20H18FN7OS. The maximum atomic E-state index is 14.8. The van der Waals surface area contributed by atoms with Crippen LogP contribution < -0.4 is 16.8 Å². The van der Waals surface area contributed by atoms with Crippen molar-refractivity contribution in [3.05, 3.63) is 77.9 Å². The number of amides is 1. The van der Waals surface area contributed by atoms with Gasteiger partial charge in [0, 0.05) is 23.6 Å². The van der Waals surface area contributed by atoms with Gasteiger partial charge in [-0.25, -0.2) is 19.4 Å². The molecular weight excluding hydrogens is 405 g/mol. The van der Waals surface area contributed by atoms with Gasteiger partial charge >= 0.3 is 0 Å². The van der Waals surface area contributed by atoms with Crippen LogP contribution in [-0.2, 0) is 5.54 Å². The molecule has 0 bridgehead atoms. The molecule has 10 heteroatoms. The lowest BCUT2D eigenvalue weighted by molar-refractivity contribution is 0.102. The number of carbonyl (C=O) groups is 1. The van der Waals surface area contributed by atoms with Crippen LogP contribution in [0.1, 0.15) is 28.8 Å². The van der Waals surface area contributed by atoms with Gasteiger partial charge in [0.2, 0.25) is 0 Å². The number of benzene rings is 1. The second-order valence-electron chi connectivity index (χ2n) is 6.77. The number of imidazole rings is 1. The molecule has 0 radical (unpaired) electrons. The Morgan fingerprint density at radius 1 is 1.23 bits per heavy atom. The van der Waals surface area contributed by atoms with Gasteiger partial charge in [-0.15, -0.1) is 0 Å². The summed E-state index contributed by atoms with van der Waals surface area (Å²) in [6.07, 6.45) is 6.50. The molecule has 152 valence electrons. The second-order valence-corrected chi connectivity index (χ2v) is 7.83. The zero-order valence-electron chi connectivity index (χ0n) is 15.9. The van der Waals surface area contributed by atoms with Gasteiger partial charge in [0.1, 0.15) is 22.9 Å². The van der Waals surface area contributed by atoms with Crippen molar-refractivity contribution in [2.75, 3.05) is 11.1 Å². The molecule has 30 heavy (non-hydrogen) atoms. The standard InChI is InChI=1S/C20H18FN7OS/c1-20(9-16(30-19(23)28-20)17-24-6-7-25-17)13-8-12(3-4-14(13)21)27-18(29)15-5-2-11(22)10-26-15/h2-10H,22H2,1H3,(H2,23,28)(H,24,25)(H,27,29)/t20-/m0/s1. The maximum Gasteiger partial charge on any atom is 0.274 e. The molecule has 0 unspecified atom stereocenters. The number of thioether (sulfide) groups is 1. The van der Waals surface area contributed by atoms with Crippen LogP contribution in [0.15, 0.2) is 60.0 Å². The van der Waals surface area contributed by atoms with E-state index < -0.39 is 17.3 Å². The van der Waals surface area contributed by atoms with Gasteiger partial charge in [0.25, 0.3) is 5.91 Å². The molecule has 1 atom stereocenters. The van der Waals surface area contributed by atoms with Crippen molar-refractivity contribution >= 4 is 39.1 Å². The lowest BCUT2D eigenvalue weighted by Gasteiger charge is -2.28. The monoisotopic (exact) mass is 423 g/mol. The van der Waals surface area contributed by atoms with Crippen molar-refractivity contribution in [2.45, 2.75) is 12.5 Å². The van der Waals surface area contributed by atoms with Crippen LogP contribution >= 0.6 is 11.8 Å². The molecule has 8 nitrogen and oxygen atoms in total. The number of aromatic nitrogens is 3. The summed E-state index contributed by atoms with van der Waals surface area (Å²) in [5.74, 6) is -0.297. The average molecular weight is 423 g/mol. The first-order chi connectivity index (χ1) is 14.3. The normalized spacial score (nSPS) is 18.5. The van der Waals surface area contributed by atoms with E-state index in [2.05, 4.69) is 25.3 Å². The number of nitrogens with one attached hydrogen (secondary N) is 2. The minimum absolute atomic E-state index is 0.192. The molecule has 0 fully saturated rings. The molecule has 4 rings (SSSR count). The molecule has 1 aromatic carbocycles. The summed E-state index contributed by atoms with van der Waals surface area (Å²) in [5.41, 5.74) is 11.8. The minimum atomic E-state index is -1.08. The van der Waals surface area contributed by atoms with Crippen molar-refractivity contribution in [3.63, 3.8) is 0 Å². The minimum Gasteiger partial charge on any atom is -0.397 e. The number of halogens is 1. The first-order valence-electron chi connectivity index (χ1n) is 8.93. The Morgan fingerprint density at radius 3 is 2.77 bits per heavy atom. The SMILES string of the molecule is C[C@@]1(c2cc(NC(=O)c3ccc(N)cn3)ccc2F)C=C(c2ncc[nH]2)SC(N)=N1. The smallest absolute Gasteiger partial charge is 0.274 e. The van der Waals surface area contributed by atoms with Crippen LogP contribution in [0.3, 0.4) is 0 Å². The largest absolute Gasteiger partial charge is 0.397 e. The number of aliphatic imine (C=N–C) groups is 1. The lowest BCUT2D eigenvalue weighted by atomic mass is 9.91. The quantitative estimate of drug-likeness (QED) is 0.509. The number of hydrogen-bond acceptors (Lipinski definition) is 7. The van der Waals surface area contributed by atoms with Crippen molar-refractivity contribution < 1.29 is 9.18 Å². The Labute approximate surface area is 175 Å². The Kier molecular flexibility index (Phi) is 5.00. The van der Waals surface area contributed by atoms with Crippen LogP contribution in [0, 0.1) is 5.82 Å². The van der Waals surface area contributed by atoms with Gasteiger partial charge in [0.05, 0.1) is 16.8 Å². The van der Waals surface area contributed by atoms with Crippen molar-refractivity contribution in [1.82, 2.24) is 15.0 Å². The van der Waals surface area contributed by atoms with Crippen LogP contribution in [0.25, 0.3) is 4.91 Å². The van der Waals surface area contributed by atoms with E-state index in [9.17, 15) is 9.18 Å². The number of rotatable bonds is 4. The summed E-state index contributed by atoms with van der Waals surface area (Å²) in [6, 6.07) is 7.38. The number of H-pyrrole nitrogens is 1. The zero-order valence-corrected chi connectivity index (χ0v) is 16.7. The first-order valence-corrected chi connectivity index (χ1v) is 9.74. The molecule has 0 aliphatic carbocycles. The molecule has 0 saturated carbocycles. The highest BCUT2D eigenvalue weighted by Gasteiger charge is 2.32. The molecule has 3 aromatic rings. The summed E-state index contributed by atoms with van der Waals surface area (Å²) in [6.45, 7) is 1.74. The Balaban J connectivity index is 1.68. The van der Waals surface area contributed by atoms with Crippen LogP contribution in [0.5, 0.6) is 0 Å². The van der Waals surface area contributed by atoms with Crippen LogP contribution in [0.2, 0.25) is 0 Å². The summed E-state index contributed by atoms with van der Waals surface area (Å²) >= 11 is 1.24. The Hall–Kier alpha value is -3.66. The molecule has 1 amide bonds. The topological polar surface area (TPSA) is 135 Å². The number of aromatic amines is 1. The summed E-state index contributed by atoms with van der Waals surface area (Å²) in [7, 11) is 0. The van der Waals surface area contributed by atoms with E-state index in [0.717, 1.165) is 4.91 Å². The van der Waals surface area contributed by atoms with E-state index in [4.69, 9.17) is 11.5 Å². The predicted octanol–water partition coefficient (Wildman–Crippen LogP) is 3.10. The van der Waals surface area contributed by atoms with Gasteiger partial charge in [-0.1, -0.05) is 0 Å². The van der Waals surface area contributed by atoms with E-state index >= 15 is 0 Å². The number of nitrogens with two attached hydrogens (primary N) is 2.